The van der Waals surface area contributed by atoms with Crippen LogP contribution < -0.4 is 0 Å². The maximum absolute atomic E-state index is 5.23. The van der Waals surface area contributed by atoms with Gasteiger partial charge >= 0.3 is 0 Å². The van der Waals surface area contributed by atoms with Crippen molar-refractivity contribution >= 4 is 28.1 Å². The number of allylic oxidation sites excluding steroid dienone is 1. The van der Waals surface area contributed by atoms with Gasteiger partial charge in [0.25, 0.3) is 0 Å². The molecule has 1 aliphatic carbocycles. The van der Waals surface area contributed by atoms with E-state index in [4.69, 9.17) is 15.0 Å². The highest BCUT2D eigenvalue weighted by Crippen LogP contribution is 2.31. The van der Waals surface area contributed by atoms with Gasteiger partial charge < -0.3 is 13.7 Å². The van der Waals surface area contributed by atoms with Crippen LogP contribution in [0.25, 0.3) is 28.1 Å². The molecule has 5 aromatic rings. The van der Waals surface area contributed by atoms with E-state index in [0.29, 0.717) is 5.92 Å². The lowest BCUT2D eigenvalue weighted by Gasteiger charge is -2.24. The van der Waals surface area contributed by atoms with Crippen LogP contribution in [0.5, 0.6) is 0 Å². The highest BCUT2D eigenvalue weighted by atomic mass is 15.2. The molecule has 1 unspecified atom stereocenters. The van der Waals surface area contributed by atoms with Crippen molar-refractivity contribution in [1.29, 1.82) is 0 Å². The molecule has 0 N–H and O–H groups in total. The van der Waals surface area contributed by atoms with Crippen LogP contribution >= 0.6 is 0 Å². The van der Waals surface area contributed by atoms with Crippen molar-refractivity contribution in [2.24, 2.45) is 0 Å². The maximum atomic E-state index is 5.23. The van der Waals surface area contributed by atoms with Gasteiger partial charge in [-0.2, -0.15) is 0 Å². The lowest BCUT2D eigenvalue weighted by atomic mass is 9.96. The zero-order valence-corrected chi connectivity index (χ0v) is 25.1. The third-order valence-corrected chi connectivity index (χ3v) is 8.25. The molecule has 7 heteroatoms. The van der Waals surface area contributed by atoms with Crippen molar-refractivity contribution in [1.82, 2.24) is 33.6 Å². The quantitative estimate of drug-likeness (QED) is 0.161. The molecule has 7 nitrogen and oxygen atoms in total. The summed E-state index contributed by atoms with van der Waals surface area (Å²) in [6.07, 6.45) is 8.79. The minimum absolute atomic E-state index is 0.485. The molecule has 0 amide bonds. The normalized spacial score (nSPS) is 15.0. The summed E-state index contributed by atoms with van der Waals surface area (Å²) in [6, 6.07) is 17.1. The number of nitrogens with zero attached hydrogens (tertiary/aromatic N) is 7. The fraction of sp³-hybridized carbons (Fsp3) is 0.441. The Hall–Kier alpha value is -3.71. The third kappa shape index (κ3) is 5.35. The highest BCUT2D eigenvalue weighted by Gasteiger charge is 2.25. The van der Waals surface area contributed by atoms with Crippen molar-refractivity contribution < 1.29 is 0 Å². The van der Waals surface area contributed by atoms with Crippen molar-refractivity contribution in [3.63, 3.8) is 0 Å². The standard InChI is InChI=1S/C34H43N7/c1-5-19-39-29-17-10-8-14-26(29)35-31(39)22-38(23-32-36-27-15-9-11-18-30(27)40(32)20-6-2)24-33-37-28-16-12-13-25(4)34(28)41(33)21-7-3/h8-12,14-18,25H,5-7,13,19-24H2,1-4H3. The monoisotopic (exact) mass is 549 g/mol. The molecule has 0 aliphatic heterocycles. The van der Waals surface area contributed by atoms with Crippen molar-refractivity contribution in [2.75, 3.05) is 0 Å². The molecule has 3 heterocycles. The van der Waals surface area contributed by atoms with Crippen molar-refractivity contribution in [2.45, 2.75) is 98.6 Å². The molecule has 1 aliphatic rings. The number of hydrogen-bond donors (Lipinski definition) is 0. The van der Waals surface area contributed by atoms with E-state index < -0.39 is 0 Å². The number of hydrogen-bond acceptors (Lipinski definition) is 4. The zero-order chi connectivity index (χ0) is 28.3. The SMILES string of the molecule is CCCn1c(CN(Cc2nc3ccccc3n2CCC)Cc2nc3ccccc3n2CCC)nc2c1C(C)CC=C2. The van der Waals surface area contributed by atoms with Gasteiger partial charge in [0, 0.05) is 31.2 Å². The predicted molar refractivity (Wildman–Crippen MR) is 168 cm³/mol. The summed E-state index contributed by atoms with van der Waals surface area (Å²) >= 11 is 0. The molecule has 41 heavy (non-hydrogen) atoms. The maximum Gasteiger partial charge on any atom is 0.124 e. The topological polar surface area (TPSA) is 56.7 Å². The van der Waals surface area contributed by atoms with E-state index in [1.165, 1.54) is 16.7 Å². The van der Waals surface area contributed by atoms with Gasteiger partial charge in [-0.1, -0.05) is 58.0 Å². The summed E-state index contributed by atoms with van der Waals surface area (Å²) in [5, 5.41) is 0. The zero-order valence-electron chi connectivity index (χ0n) is 25.1. The molecule has 3 aromatic heterocycles. The molecule has 0 fully saturated rings. The first-order valence-electron chi connectivity index (χ1n) is 15.5. The molecule has 6 rings (SSSR count). The lowest BCUT2D eigenvalue weighted by Crippen LogP contribution is -2.28. The number of aryl methyl sites for hydroxylation is 2. The Balaban J connectivity index is 1.43. The van der Waals surface area contributed by atoms with Crippen LogP contribution in [0.1, 0.15) is 88.2 Å². The molecule has 214 valence electrons. The summed E-state index contributed by atoms with van der Waals surface area (Å²) in [7, 11) is 0. The number of fused-ring (bicyclic) bond motifs is 3. The summed E-state index contributed by atoms with van der Waals surface area (Å²) in [6.45, 7) is 14.2. The Morgan fingerprint density at radius 2 is 1.17 bits per heavy atom. The number of rotatable bonds is 12. The largest absolute Gasteiger partial charge is 0.330 e. The van der Waals surface area contributed by atoms with E-state index in [9.17, 15) is 0 Å². The molecule has 0 saturated heterocycles. The second kappa shape index (κ2) is 12.0. The summed E-state index contributed by atoms with van der Waals surface area (Å²) in [5.74, 6) is 3.85. The third-order valence-electron chi connectivity index (χ3n) is 8.25. The first-order valence-corrected chi connectivity index (χ1v) is 15.5. The van der Waals surface area contributed by atoms with Crippen molar-refractivity contribution in [3.8, 4) is 0 Å². The average Bonchev–Trinajstić information content (AvgIpc) is 3.62. The van der Waals surface area contributed by atoms with E-state index in [1.54, 1.807) is 0 Å². The molecule has 0 bridgehead atoms. The van der Waals surface area contributed by atoms with Crippen LogP contribution in [-0.4, -0.2) is 33.6 Å². The smallest absolute Gasteiger partial charge is 0.124 e. The van der Waals surface area contributed by atoms with Crippen LogP contribution in [0, 0.1) is 0 Å². The van der Waals surface area contributed by atoms with E-state index in [-0.39, 0.29) is 0 Å². The van der Waals surface area contributed by atoms with E-state index >= 15 is 0 Å². The molecule has 0 radical (unpaired) electrons. The van der Waals surface area contributed by atoms with Crippen LogP contribution in [0.4, 0.5) is 0 Å². The van der Waals surface area contributed by atoms with Gasteiger partial charge in [-0.05, 0) is 56.0 Å². The number of para-hydroxylation sites is 4. The predicted octanol–water partition coefficient (Wildman–Crippen LogP) is 7.54. The fourth-order valence-electron chi connectivity index (χ4n) is 6.47. The Morgan fingerprint density at radius 3 is 1.71 bits per heavy atom. The minimum atomic E-state index is 0.485. The van der Waals surface area contributed by atoms with Gasteiger partial charge in [0.2, 0.25) is 0 Å². The summed E-state index contributed by atoms with van der Waals surface area (Å²) in [4.78, 5) is 18.0. The summed E-state index contributed by atoms with van der Waals surface area (Å²) in [5.41, 5.74) is 7.09. The second-order valence-corrected chi connectivity index (χ2v) is 11.5. The molecule has 0 spiro atoms. The average molecular weight is 550 g/mol. The highest BCUT2D eigenvalue weighted by molar-refractivity contribution is 5.76. The van der Waals surface area contributed by atoms with Crippen LogP contribution in [0.3, 0.4) is 0 Å². The molecule has 2 aromatic carbocycles. The van der Waals surface area contributed by atoms with Crippen molar-refractivity contribution in [3.05, 3.63) is 83.5 Å². The second-order valence-electron chi connectivity index (χ2n) is 11.5. The van der Waals surface area contributed by atoms with Crippen LogP contribution in [0.15, 0.2) is 54.6 Å². The van der Waals surface area contributed by atoms with Gasteiger partial charge in [-0.15, -0.1) is 0 Å². The van der Waals surface area contributed by atoms with Gasteiger partial charge in [-0.3, -0.25) is 4.90 Å². The molecule has 1 atom stereocenters. The van der Waals surface area contributed by atoms with E-state index in [1.807, 2.05) is 0 Å². The number of benzene rings is 2. The van der Waals surface area contributed by atoms with Crippen LogP contribution in [0.2, 0.25) is 0 Å². The Kier molecular flexibility index (Phi) is 8.06. The van der Waals surface area contributed by atoms with Gasteiger partial charge in [0.1, 0.15) is 17.5 Å². The fourth-order valence-corrected chi connectivity index (χ4v) is 6.47. The minimum Gasteiger partial charge on any atom is -0.330 e. The number of imidazole rings is 3. The van der Waals surface area contributed by atoms with Crippen LogP contribution in [-0.2, 0) is 39.3 Å². The Morgan fingerprint density at radius 1 is 0.683 bits per heavy atom. The first-order chi connectivity index (χ1) is 20.1. The summed E-state index contributed by atoms with van der Waals surface area (Å²) < 4.78 is 7.32. The van der Waals surface area contributed by atoms with Gasteiger partial charge in [0.05, 0.1) is 47.4 Å². The molecule has 0 saturated carbocycles. The van der Waals surface area contributed by atoms with E-state index in [0.717, 1.165) is 99.2 Å². The van der Waals surface area contributed by atoms with E-state index in [2.05, 4.69) is 107 Å². The molecular weight excluding hydrogens is 506 g/mol. The first kappa shape index (κ1) is 27.5. The van der Waals surface area contributed by atoms with Gasteiger partial charge in [0.15, 0.2) is 0 Å². The number of aromatic nitrogens is 6. The van der Waals surface area contributed by atoms with Gasteiger partial charge in [-0.25, -0.2) is 15.0 Å². The Bertz CT molecular complexity index is 1580. The Labute approximate surface area is 243 Å². The molecular formula is C34H43N7. The lowest BCUT2D eigenvalue weighted by molar-refractivity contribution is 0.219.